The zero-order valence-electron chi connectivity index (χ0n) is 17.8. The predicted molar refractivity (Wildman–Crippen MR) is 114 cm³/mol. The zero-order valence-corrected chi connectivity index (χ0v) is 17.8. The molecule has 1 saturated heterocycles. The van der Waals surface area contributed by atoms with E-state index in [0.29, 0.717) is 6.04 Å². The van der Waals surface area contributed by atoms with Crippen molar-refractivity contribution >= 4 is 0 Å². The van der Waals surface area contributed by atoms with Crippen molar-refractivity contribution in [1.82, 2.24) is 14.7 Å². The van der Waals surface area contributed by atoms with Gasteiger partial charge >= 0.3 is 0 Å². The maximum atomic E-state index is 13.9. The molecule has 1 atom stereocenters. The SMILES string of the molecule is CC(C)Oc1ccc(CN2Cc3ccc(F)cc3CN(C3CCN(C)C3)C2)cc1. The second kappa shape index (κ2) is 8.82. The minimum Gasteiger partial charge on any atom is -0.491 e. The maximum absolute atomic E-state index is 13.9. The van der Waals surface area contributed by atoms with E-state index in [-0.39, 0.29) is 11.9 Å². The quantitative estimate of drug-likeness (QED) is 0.756. The van der Waals surface area contributed by atoms with Crippen molar-refractivity contribution in [3.63, 3.8) is 0 Å². The molecule has 2 aliphatic rings. The molecule has 0 spiro atoms. The third-order valence-corrected chi connectivity index (χ3v) is 5.90. The average Bonchev–Trinajstić information content (AvgIpc) is 3.02. The highest BCUT2D eigenvalue weighted by atomic mass is 19.1. The van der Waals surface area contributed by atoms with E-state index in [1.54, 1.807) is 12.1 Å². The van der Waals surface area contributed by atoms with E-state index in [1.165, 1.54) is 17.5 Å². The van der Waals surface area contributed by atoms with Crippen molar-refractivity contribution in [3.8, 4) is 5.75 Å². The molecule has 0 aliphatic carbocycles. The molecule has 29 heavy (non-hydrogen) atoms. The fraction of sp³-hybridized carbons (Fsp3) is 0.500. The number of likely N-dealkylation sites (N-methyl/N-ethyl adjacent to an activating group) is 1. The van der Waals surface area contributed by atoms with Crippen LogP contribution in [-0.4, -0.2) is 53.7 Å². The molecule has 4 nitrogen and oxygen atoms in total. The van der Waals surface area contributed by atoms with Gasteiger partial charge in [-0.2, -0.15) is 0 Å². The normalized spacial score (nSPS) is 21.3. The fourth-order valence-electron chi connectivity index (χ4n) is 4.48. The molecule has 0 aromatic heterocycles. The number of ether oxygens (including phenoxy) is 1. The molecule has 0 bridgehead atoms. The molecule has 2 aromatic carbocycles. The van der Waals surface area contributed by atoms with Gasteiger partial charge in [-0.25, -0.2) is 4.39 Å². The van der Waals surface area contributed by atoms with Crippen LogP contribution < -0.4 is 4.74 Å². The summed E-state index contributed by atoms with van der Waals surface area (Å²) in [5.74, 6) is 0.775. The summed E-state index contributed by atoms with van der Waals surface area (Å²) in [6.07, 6.45) is 1.36. The second-order valence-electron chi connectivity index (χ2n) is 8.80. The highest BCUT2D eigenvalue weighted by Crippen LogP contribution is 2.26. The van der Waals surface area contributed by atoms with Crippen molar-refractivity contribution in [2.45, 2.75) is 52.0 Å². The minimum atomic E-state index is -0.138. The van der Waals surface area contributed by atoms with Gasteiger partial charge in [0.2, 0.25) is 0 Å². The van der Waals surface area contributed by atoms with Crippen molar-refractivity contribution in [2.75, 3.05) is 26.8 Å². The summed E-state index contributed by atoms with van der Waals surface area (Å²) in [6.45, 7) is 9.74. The number of benzene rings is 2. The van der Waals surface area contributed by atoms with Gasteiger partial charge < -0.3 is 9.64 Å². The Kier molecular flexibility index (Phi) is 6.18. The number of hydrogen-bond acceptors (Lipinski definition) is 4. The molecule has 0 saturated carbocycles. The van der Waals surface area contributed by atoms with Gasteiger partial charge in [0.1, 0.15) is 11.6 Å². The van der Waals surface area contributed by atoms with E-state index in [2.05, 4.69) is 46.0 Å². The Bertz CT molecular complexity index is 823. The van der Waals surface area contributed by atoms with E-state index in [9.17, 15) is 4.39 Å². The van der Waals surface area contributed by atoms with Crippen LogP contribution in [0, 0.1) is 5.82 Å². The number of hydrogen-bond donors (Lipinski definition) is 0. The summed E-state index contributed by atoms with van der Waals surface area (Å²) in [5.41, 5.74) is 3.64. The van der Waals surface area contributed by atoms with E-state index in [4.69, 9.17) is 4.74 Å². The van der Waals surface area contributed by atoms with Gasteiger partial charge in [0, 0.05) is 32.2 Å². The lowest BCUT2D eigenvalue weighted by Crippen LogP contribution is -2.42. The van der Waals surface area contributed by atoms with Crippen LogP contribution in [0.2, 0.25) is 0 Å². The molecular weight excluding hydrogens is 365 g/mol. The molecule has 2 aromatic rings. The molecule has 0 N–H and O–H groups in total. The van der Waals surface area contributed by atoms with Gasteiger partial charge in [-0.1, -0.05) is 18.2 Å². The summed E-state index contributed by atoms with van der Waals surface area (Å²) in [6, 6.07) is 14.2. The molecule has 4 rings (SSSR count). The Balaban J connectivity index is 1.53. The third kappa shape index (κ3) is 5.16. The van der Waals surface area contributed by atoms with Gasteiger partial charge in [0.05, 0.1) is 12.8 Å². The first-order valence-electron chi connectivity index (χ1n) is 10.6. The molecule has 1 fully saturated rings. The van der Waals surface area contributed by atoms with Crippen molar-refractivity contribution in [3.05, 3.63) is 65.0 Å². The largest absolute Gasteiger partial charge is 0.491 e. The van der Waals surface area contributed by atoms with Crippen LogP contribution in [-0.2, 0) is 19.6 Å². The van der Waals surface area contributed by atoms with E-state index < -0.39 is 0 Å². The van der Waals surface area contributed by atoms with Crippen molar-refractivity contribution in [1.29, 1.82) is 0 Å². The first kappa shape index (κ1) is 20.3. The molecule has 2 heterocycles. The number of likely N-dealkylation sites (tertiary alicyclic amines) is 1. The molecular formula is C24H32FN3O. The van der Waals surface area contributed by atoms with E-state index >= 15 is 0 Å². The average molecular weight is 398 g/mol. The Labute approximate surface area is 173 Å². The summed E-state index contributed by atoms with van der Waals surface area (Å²) in [5, 5.41) is 0. The lowest BCUT2D eigenvalue weighted by Gasteiger charge is -2.32. The summed E-state index contributed by atoms with van der Waals surface area (Å²) < 4.78 is 19.7. The Morgan fingerprint density at radius 3 is 2.55 bits per heavy atom. The molecule has 1 unspecified atom stereocenters. The highest BCUT2D eigenvalue weighted by molar-refractivity contribution is 5.30. The third-order valence-electron chi connectivity index (χ3n) is 5.90. The molecule has 5 heteroatoms. The van der Waals surface area contributed by atoms with Crippen LogP contribution in [0.5, 0.6) is 5.75 Å². The van der Waals surface area contributed by atoms with Crippen LogP contribution in [0.1, 0.15) is 37.0 Å². The smallest absolute Gasteiger partial charge is 0.123 e. The van der Waals surface area contributed by atoms with Crippen LogP contribution >= 0.6 is 0 Å². The van der Waals surface area contributed by atoms with Gasteiger partial charge in [0.25, 0.3) is 0 Å². The van der Waals surface area contributed by atoms with Gasteiger partial charge in [-0.05, 0) is 74.8 Å². The standard InChI is InChI=1S/C24H32FN3O/c1-18(2)29-24-8-4-19(5-9-24)13-27-14-20-6-7-22(25)12-21(20)15-28(17-27)23-10-11-26(3)16-23/h4-9,12,18,23H,10-11,13-17H2,1-3H3. The highest BCUT2D eigenvalue weighted by Gasteiger charge is 2.29. The zero-order chi connectivity index (χ0) is 20.4. The Morgan fingerprint density at radius 1 is 1.07 bits per heavy atom. The summed E-state index contributed by atoms with van der Waals surface area (Å²) in [4.78, 5) is 7.39. The number of nitrogens with zero attached hydrogens (tertiary/aromatic N) is 3. The van der Waals surface area contributed by atoms with Crippen LogP contribution in [0.4, 0.5) is 4.39 Å². The van der Waals surface area contributed by atoms with Crippen molar-refractivity contribution < 1.29 is 9.13 Å². The first-order valence-corrected chi connectivity index (χ1v) is 10.6. The molecule has 0 amide bonds. The van der Waals surface area contributed by atoms with E-state index in [1.807, 2.05) is 19.9 Å². The predicted octanol–water partition coefficient (Wildman–Crippen LogP) is 4.09. The van der Waals surface area contributed by atoms with Crippen molar-refractivity contribution in [2.24, 2.45) is 0 Å². The number of fused-ring (bicyclic) bond motifs is 1. The first-order chi connectivity index (χ1) is 14.0. The molecule has 156 valence electrons. The van der Waals surface area contributed by atoms with Crippen LogP contribution in [0.15, 0.2) is 42.5 Å². The maximum Gasteiger partial charge on any atom is 0.123 e. The van der Waals surface area contributed by atoms with E-state index in [0.717, 1.165) is 50.7 Å². The Morgan fingerprint density at radius 2 is 1.86 bits per heavy atom. The van der Waals surface area contributed by atoms with Gasteiger partial charge in [0.15, 0.2) is 0 Å². The second-order valence-corrected chi connectivity index (χ2v) is 8.80. The lowest BCUT2D eigenvalue weighted by molar-refractivity contribution is 0.0880. The summed E-state index contributed by atoms with van der Waals surface area (Å²) in [7, 11) is 2.18. The fourth-order valence-corrected chi connectivity index (χ4v) is 4.48. The van der Waals surface area contributed by atoms with Gasteiger partial charge in [-0.15, -0.1) is 0 Å². The topological polar surface area (TPSA) is 19.0 Å². The van der Waals surface area contributed by atoms with Crippen LogP contribution in [0.25, 0.3) is 0 Å². The summed E-state index contributed by atoms with van der Waals surface area (Å²) >= 11 is 0. The molecule has 2 aliphatic heterocycles. The van der Waals surface area contributed by atoms with Crippen LogP contribution in [0.3, 0.4) is 0 Å². The lowest BCUT2D eigenvalue weighted by atomic mass is 10.1. The minimum absolute atomic E-state index is 0.138. The number of rotatable bonds is 5. The number of halogens is 1. The van der Waals surface area contributed by atoms with Gasteiger partial charge in [-0.3, -0.25) is 9.80 Å². The Hall–Kier alpha value is -1.95. The monoisotopic (exact) mass is 397 g/mol. The molecule has 0 radical (unpaired) electrons.